The third-order valence-electron chi connectivity index (χ3n) is 8.12. The fourth-order valence-electron chi connectivity index (χ4n) is 5.33. The van der Waals surface area contributed by atoms with Gasteiger partial charge in [0.05, 0.1) is 10.9 Å². The Bertz CT molecular complexity index is 1940. The molecule has 1 atom stereocenters. The van der Waals surface area contributed by atoms with E-state index in [1.807, 2.05) is 36.4 Å². The number of carbonyl (C=O) groups is 2. The van der Waals surface area contributed by atoms with E-state index in [1.165, 1.54) is 12.1 Å². The number of sulfonamides is 1. The Labute approximate surface area is 305 Å². The number of aromatic hydroxyl groups is 2. The van der Waals surface area contributed by atoms with Crippen LogP contribution in [-0.2, 0) is 21.2 Å². The summed E-state index contributed by atoms with van der Waals surface area (Å²) in [6.45, 7) is 3.84. The summed E-state index contributed by atoms with van der Waals surface area (Å²) >= 11 is 0. The summed E-state index contributed by atoms with van der Waals surface area (Å²) in [6.07, 6.45) is -0.0604. The smallest absolute Gasteiger partial charge is 0.490 e. The summed E-state index contributed by atoms with van der Waals surface area (Å²) in [4.78, 5) is 21.1. The number of hydrogen-bond donors (Lipinski definition) is 7. The maximum Gasteiger partial charge on any atom is 0.490 e. The number of ether oxygens (including phenoxy) is 1. The van der Waals surface area contributed by atoms with Crippen molar-refractivity contribution < 1.29 is 51.2 Å². The number of carboxylic acids is 1. The summed E-state index contributed by atoms with van der Waals surface area (Å²) in [6, 6.07) is 23.5. The average molecular weight is 759 g/mol. The molecule has 0 fully saturated rings. The lowest BCUT2D eigenvalue weighted by Crippen LogP contribution is -2.33. The molecular weight excluding hydrogens is 717 g/mol. The molecule has 5 rings (SSSR count). The lowest BCUT2D eigenvalue weighted by atomic mass is 9.94. The van der Waals surface area contributed by atoms with Crippen LogP contribution in [0.2, 0.25) is 0 Å². The topological polar surface area (TPSA) is 186 Å². The van der Waals surface area contributed by atoms with Gasteiger partial charge in [0, 0.05) is 17.9 Å². The second-order valence-corrected chi connectivity index (χ2v) is 13.8. The molecule has 4 aromatic rings. The number of hydrogen-bond acceptors (Lipinski definition) is 8. The molecule has 0 aromatic heterocycles. The van der Waals surface area contributed by atoms with Crippen LogP contribution in [0.15, 0.2) is 89.8 Å². The van der Waals surface area contributed by atoms with Crippen LogP contribution in [0.25, 0.3) is 11.1 Å². The number of halogens is 3. The van der Waals surface area contributed by atoms with Crippen LogP contribution in [0.4, 0.5) is 29.3 Å². The number of aliphatic carboxylic acids is 1. The molecule has 0 spiro atoms. The van der Waals surface area contributed by atoms with E-state index in [2.05, 4.69) is 27.6 Å². The highest BCUT2D eigenvalue weighted by atomic mass is 32.2. The van der Waals surface area contributed by atoms with Gasteiger partial charge in [0.1, 0.15) is 12.4 Å². The number of anilines is 2. The Balaban J connectivity index is 0.000000815. The highest BCUT2D eigenvalue weighted by Gasteiger charge is 2.38. The van der Waals surface area contributed by atoms with E-state index >= 15 is 0 Å². The van der Waals surface area contributed by atoms with E-state index in [1.54, 1.807) is 36.4 Å². The van der Waals surface area contributed by atoms with Gasteiger partial charge in [0.15, 0.2) is 11.5 Å². The Morgan fingerprint density at radius 1 is 0.868 bits per heavy atom. The first-order valence-electron chi connectivity index (χ1n) is 16.8. The van der Waals surface area contributed by atoms with E-state index in [4.69, 9.17) is 14.6 Å². The second-order valence-electron chi connectivity index (χ2n) is 12.1. The predicted octanol–water partition coefficient (Wildman–Crippen LogP) is 7.17. The molecular formula is C37H41F3N4O8S. The number of alkyl halides is 3. The SMILES string of the molecule is CCCCCCNC(=O)Nc1ccc(S(=O)(=O)Nc2ccc(-c3ccc(OCC4NCCc5cc(O)c(O)cc54)cc3)cc2)cc1.O=C(O)C(F)(F)F. The minimum Gasteiger partial charge on any atom is -0.504 e. The van der Waals surface area contributed by atoms with Crippen molar-refractivity contribution in [1.82, 2.24) is 10.6 Å². The van der Waals surface area contributed by atoms with Gasteiger partial charge in [0.25, 0.3) is 10.0 Å². The molecule has 4 aromatic carbocycles. The van der Waals surface area contributed by atoms with E-state index in [0.717, 1.165) is 60.9 Å². The molecule has 12 nitrogen and oxygen atoms in total. The normalized spacial score (nSPS) is 13.8. The minimum absolute atomic E-state index is 0.0829. The monoisotopic (exact) mass is 758 g/mol. The summed E-state index contributed by atoms with van der Waals surface area (Å²) in [5.74, 6) is -2.33. The van der Waals surface area contributed by atoms with Crippen molar-refractivity contribution in [2.24, 2.45) is 0 Å². The number of fused-ring (bicyclic) bond motifs is 1. The van der Waals surface area contributed by atoms with Gasteiger partial charge in [-0.05, 0) is 102 Å². The van der Waals surface area contributed by atoms with Gasteiger partial charge >= 0.3 is 18.2 Å². The third-order valence-corrected chi connectivity index (χ3v) is 9.52. The molecule has 1 aliphatic rings. The summed E-state index contributed by atoms with van der Waals surface area (Å²) in [5, 5.41) is 35.8. The second kappa shape index (κ2) is 18.3. The molecule has 0 aliphatic carbocycles. The van der Waals surface area contributed by atoms with E-state index in [-0.39, 0.29) is 28.5 Å². The van der Waals surface area contributed by atoms with Crippen molar-refractivity contribution in [1.29, 1.82) is 0 Å². The van der Waals surface area contributed by atoms with E-state index in [0.29, 0.717) is 30.3 Å². The summed E-state index contributed by atoms with van der Waals surface area (Å²) in [7, 11) is -3.83. The van der Waals surface area contributed by atoms with Crippen LogP contribution in [0.3, 0.4) is 0 Å². The van der Waals surface area contributed by atoms with Crippen LogP contribution in [0, 0.1) is 0 Å². The van der Waals surface area contributed by atoms with Crippen LogP contribution in [-0.4, -0.2) is 61.6 Å². The predicted molar refractivity (Wildman–Crippen MR) is 194 cm³/mol. The fourth-order valence-corrected chi connectivity index (χ4v) is 6.39. The number of carbonyl (C=O) groups excluding carboxylic acids is 1. The van der Waals surface area contributed by atoms with Crippen molar-refractivity contribution in [3.8, 4) is 28.4 Å². The third kappa shape index (κ3) is 12.0. The molecule has 284 valence electrons. The number of benzene rings is 4. The fraction of sp³-hybridized carbons (Fsp3) is 0.297. The van der Waals surface area contributed by atoms with Crippen LogP contribution < -0.4 is 25.4 Å². The molecule has 2 amide bonds. The zero-order chi connectivity index (χ0) is 38.6. The van der Waals surface area contributed by atoms with Crippen molar-refractivity contribution in [3.63, 3.8) is 0 Å². The van der Waals surface area contributed by atoms with Gasteiger partial charge in [-0.25, -0.2) is 18.0 Å². The standard InChI is InChI=1S/C35H40N4O6S.C2HF3O2/c1-2-3-4-5-19-37-35(42)38-27-12-16-30(17-13-27)46(43,44)39-28-10-6-24(7-11-28)25-8-14-29(15-9-25)45-23-32-31-22-34(41)33(40)21-26(31)18-20-36-32;3-2(4,5)1(6)7/h6-17,21-22,32,36,39-41H,2-5,18-20,23H2,1H3,(H2,37,38,42);(H,6,7). The van der Waals surface area contributed by atoms with Crippen LogP contribution in [0.1, 0.15) is 49.8 Å². The molecule has 0 saturated carbocycles. The molecule has 16 heteroatoms. The van der Waals surface area contributed by atoms with Gasteiger partial charge in [-0.1, -0.05) is 50.5 Å². The molecule has 1 unspecified atom stereocenters. The lowest BCUT2D eigenvalue weighted by Gasteiger charge is -2.27. The number of rotatable bonds is 13. The lowest BCUT2D eigenvalue weighted by molar-refractivity contribution is -0.192. The zero-order valence-corrected chi connectivity index (χ0v) is 29.6. The molecule has 0 bridgehead atoms. The number of urea groups is 1. The van der Waals surface area contributed by atoms with Crippen LogP contribution in [0.5, 0.6) is 17.2 Å². The van der Waals surface area contributed by atoms with Gasteiger partial charge in [-0.3, -0.25) is 4.72 Å². The Morgan fingerprint density at radius 3 is 2.06 bits per heavy atom. The zero-order valence-electron chi connectivity index (χ0n) is 28.7. The van der Waals surface area contributed by atoms with Gasteiger partial charge in [-0.15, -0.1) is 0 Å². The number of phenolic OH excluding ortho intramolecular Hbond substituents is 2. The quantitative estimate of drug-likeness (QED) is 0.0549. The first-order valence-corrected chi connectivity index (χ1v) is 18.2. The van der Waals surface area contributed by atoms with Gasteiger partial charge in [0.2, 0.25) is 0 Å². The molecule has 1 aliphatic heterocycles. The van der Waals surface area contributed by atoms with Crippen molar-refractivity contribution in [3.05, 3.63) is 96.1 Å². The largest absolute Gasteiger partial charge is 0.504 e. The molecule has 0 saturated heterocycles. The number of carboxylic acid groups (broad SMARTS) is 1. The Kier molecular flexibility index (Phi) is 13.9. The maximum atomic E-state index is 13.0. The first-order chi connectivity index (χ1) is 25.2. The van der Waals surface area contributed by atoms with E-state index < -0.39 is 22.2 Å². The number of phenols is 2. The average Bonchev–Trinajstić information content (AvgIpc) is 3.12. The Morgan fingerprint density at radius 2 is 1.45 bits per heavy atom. The number of amides is 2. The molecule has 7 N–H and O–H groups in total. The molecule has 0 radical (unpaired) electrons. The molecule has 1 heterocycles. The Hall–Kier alpha value is -5.48. The highest BCUT2D eigenvalue weighted by molar-refractivity contribution is 7.92. The number of nitrogens with one attached hydrogen (secondary N) is 4. The van der Waals surface area contributed by atoms with Gasteiger partial charge < -0.3 is 36.0 Å². The van der Waals surface area contributed by atoms with Crippen molar-refractivity contribution in [2.75, 3.05) is 29.7 Å². The van der Waals surface area contributed by atoms with Gasteiger partial charge in [-0.2, -0.15) is 13.2 Å². The number of unbranched alkanes of at least 4 members (excludes halogenated alkanes) is 3. The van der Waals surface area contributed by atoms with Crippen LogP contribution >= 0.6 is 0 Å². The van der Waals surface area contributed by atoms with E-state index in [9.17, 15) is 36.6 Å². The minimum atomic E-state index is -5.08. The van der Waals surface area contributed by atoms with Crippen molar-refractivity contribution in [2.45, 2.75) is 56.1 Å². The highest BCUT2D eigenvalue weighted by Crippen LogP contribution is 2.34. The summed E-state index contributed by atoms with van der Waals surface area (Å²) < 4.78 is 66.3. The molecule has 53 heavy (non-hydrogen) atoms. The van der Waals surface area contributed by atoms with Crippen molar-refractivity contribution >= 4 is 33.4 Å². The maximum absolute atomic E-state index is 13.0. The summed E-state index contributed by atoms with van der Waals surface area (Å²) in [5.41, 5.74) is 4.68. The first kappa shape index (κ1) is 40.3.